The van der Waals surface area contributed by atoms with E-state index in [9.17, 15) is 9.90 Å². The number of rotatable bonds is 6. The first-order chi connectivity index (χ1) is 18.5. The standard InChI is InChI=1S/C33H36N2O2S/c1-22-12-14-23(15-13-22)29-21-35(20-25-19-34(2)30-11-7-6-10-26(25)30)17-16-27(29)28-18-31(38-32(28)33(36)37)24-8-4-3-5-9-24/h3-11,18-19,22-23H,12-17,20-21H2,1-2H3,(H,36,37). The van der Waals surface area contributed by atoms with Crippen molar-refractivity contribution >= 4 is 33.8 Å². The van der Waals surface area contributed by atoms with Crippen molar-refractivity contribution in [2.24, 2.45) is 18.9 Å². The highest BCUT2D eigenvalue weighted by Crippen LogP contribution is 2.44. The van der Waals surface area contributed by atoms with Gasteiger partial charge in [0.15, 0.2) is 0 Å². The fourth-order valence-electron chi connectivity index (χ4n) is 6.58. The molecule has 0 spiro atoms. The van der Waals surface area contributed by atoms with Gasteiger partial charge in [-0.25, -0.2) is 4.79 Å². The molecule has 3 heterocycles. The molecule has 4 aromatic rings. The number of nitrogens with zero attached hydrogens (tertiary/aromatic N) is 2. The van der Waals surface area contributed by atoms with E-state index in [4.69, 9.17) is 0 Å². The molecule has 0 unspecified atom stereocenters. The summed E-state index contributed by atoms with van der Waals surface area (Å²) in [6, 6.07) is 21.0. The molecule has 1 N–H and O–H groups in total. The van der Waals surface area contributed by atoms with Crippen molar-refractivity contribution in [2.45, 2.75) is 45.6 Å². The number of aryl methyl sites for hydroxylation is 1. The van der Waals surface area contributed by atoms with E-state index in [1.807, 2.05) is 18.2 Å². The average Bonchev–Trinajstić information content (AvgIpc) is 3.52. The van der Waals surface area contributed by atoms with Gasteiger partial charge in [0.25, 0.3) is 0 Å². The summed E-state index contributed by atoms with van der Waals surface area (Å²) in [5.41, 5.74) is 7.48. The number of carboxylic acids is 1. The molecule has 1 saturated carbocycles. The number of carboxylic acid groups (broad SMARTS) is 1. The van der Waals surface area contributed by atoms with Crippen LogP contribution in [0.3, 0.4) is 0 Å². The number of benzene rings is 2. The Morgan fingerprint density at radius 3 is 2.53 bits per heavy atom. The van der Waals surface area contributed by atoms with E-state index in [2.05, 4.69) is 72.1 Å². The van der Waals surface area contributed by atoms with Gasteiger partial charge < -0.3 is 9.67 Å². The third-order valence-electron chi connectivity index (χ3n) is 8.65. The van der Waals surface area contributed by atoms with E-state index < -0.39 is 5.97 Å². The first kappa shape index (κ1) is 25.1. The van der Waals surface area contributed by atoms with Gasteiger partial charge >= 0.3 is 5.97 Å². The van der Waals surface area contributed by atoms with Crippen LogP contribution < -0.4 is 0 Å². The highest BCUT2D eigenvalue weighted by atomic mass is 32.1. The second kappa shape index (κ2) is 10.5. The molecule has 1 aliphatic carbocycles. The summed E-state index contributed by atoms with van der Waals surface area (Å²) < 4.78 is 2.23. The lowest BCUT2D eigenvalue weighted by atomic mass is 9.75. The van der Waals surface area contributed by atoms with Crippen molar-refractivity contribution in [3.05, 3.63) is 88.4 Å². The summed E-state index contributed by atoms with van der Waals surface area (Å²) in [4.78, 5) is 16.6. The Labute approximate surface area is 229 Å². The zero-order valence-electron chi connectivity index (χ0n) is 22.3. The van der Waals surface area contributed by atoms with Gasteiger partial charge in [-0.05, 0) is 65.5 Å². The Hall–Kier alpha value is -3.15. The van der Waals surface area contributed by atoms with E-state index in [1.165, 1.54) is 64.6 Å². The second-order valence-corrected chi connectivity index (χ2v) is 12.3. The van der Waals surface area contributed by atoms with Gasteiger partial charge in [0, 0.05) is 54.2 Å². The van der Waals surface area contributed by atoms with Crippen LogP contribution >= 0.6 is 11.3 Å². The van der Waals surface area contributed by atoms with Crippen molar-refractivity contribution in [1.82, 2.24) is 9.47 Å². The van der Waals surface area contributed by atoms with Crippen molar-refractivity contribution < 1.29 is 9.90 Å². The molecule has 38 heavy (non-hydrogen) atoms. The van der Waals surface area contributed by atoms with Gasteiger partial charge in [-0.3, -0.25) is 4.90 Å². The van der Waals surface area contributed by atoms with E-state index in [1.54, 1.807) is 0 Å². The normalized spacial score (nSPS) is 20.8. The van der Waals surface area contributed by atoms with Crippen LogP contribution in [0.5, 0.6) is 0 Å². The number of aromatic carboxylic acids is 1. The third-order valence-corrected chi connectivity index (χ3v) is 9.82. The van der Waals surface area contributed by atoms with Crippen molar-refractivity contribution in [3.8, 4) is 10.4 Å². The predicted molar refractivity (Wildman–Crippen MR) is 158 cm³/mol. The molecule has 2 aliphatic rings. The summed E-state index contributed by atoms with van der Waals surface area (Å²) in [6.07, 6.45) is 8.11. The van der Waals surface area contributed by atoms with Crippen LogP contribution in [-0.4, -0.2) is 33.6 Å². The molecular weight excluding hydrogens is 488 g/mol. The number of fused-ring (bicyclic) bond motifs is 1. The Kier molecular flexibility index (Phi) is 6.98. The first-order valence-electron chi connectivity index (χ1n) is 13.9. The minimum atomic E-state index is -0.811. The van der Waals surface area contributed by atoms with Crippen LogP contribution in [0.15, 0.2) is 72.4 Å². The fraction of sp³-hybridized carbons (Fsp3) is 0.364. The molecule has 0 atom stereocenters. The summed E-state index contributed by atoms with van der Waals surface area (Å²) >= 11 is 1.42. The minimum Gasteiger partial charge on any atom is -0.477 e. The molecule has 1 fully saturated rings. The summed E-state index contributed by atoms with van der Waals surface area (Å²) in [7, 11) is 2.13. The average molecular weight is 525 g/mol. The van der Waals surface area contributed by atoms with Crippen LogP contribution in [0.1, 0.15) is 59.8 Å². The summed E-state index contributed by atoms with van der Waals surface area (Å²) in [6.45, 7) is 5.16. The molecule has 196 valence electrons. The number of aromatic nitrogens is 1. The smallest absolute Gasteiger partial charge is 0.346 e. The molecule has 4 nitrogen and oxygen atoms in total. The van der Waals surface area contributed by atoms with Crippen molar-refractivity contribution in [1.29, 1.82) is 0 Å². The maximum Gasteiger partial charge on any atom is 0.346 e. The topological polar surface area (TPSA) is 45.5 Å². The number of carbonyl (C=O) groups is 1. The fourth-order valence-corrected chi connectivity index (χ4v) is 7.61. The lowest BCUT2D eigenvalue weighted by Crippen LogP contribution is -2.34. The number of hydrogen-bond donors (Lipinski definition) is 1. The monoisotopic (exact) mass is 524 g/mol. The summed E-state index contributed by atoms with van der Waals surface area (Å²) in [5.74, 6) is 0.513. The van der Waals surface area contributed by atoms with Crippen molar-refractivity contribution in [3.63, 3.8) is 0 Å². The SMILES string of the molecule is CC1CCC(C2=C(c3cc(-c4ccccc4)sc3C(=O)O)CCN(Cc3cn(C)c4ccccc34)C2)CC1. The molecule has 6 rings (SSSR count). The minimum absolute atomic E-state index is 0.489. The molecule has 2 aromatic carbocycles. The van der Waals surface area contributed by atoms with Crippen LogP contribution in [0.25, 0.3) is 26.9 Å². The van der Waals surface area contributed by atoms with Gasteiger partial charge in [-0.1, -0.05) is 68.3 Å². The van der Waals surface area contributed by atoms with Crippen LogP contribution in [0.2, 0.25) is 0 Å². The largest absolute Gasteiger partial charge is 0.477 e. The molecule has 1 aliphatic heterocycles. The molecule has 0 radical (unpaired) electrons. The summed E-state index contributed by atoms with van der Waals surface area (Å²) in [5, 5.41) is 11.5. The van der Waals surface area contributed by atoms with Gasteiger partial charge in [-0.2, -0.15) is 0 Å². The molecule has 0 saturated heterocycles. The van der Waals surface area contributed by atoms with E-state index in [0.717, 1.165) is 48.0 Å². The maximum absolute atomic E-state index is 12.4. The van der Waals surface area contributed by atoms with Crippen LogP contribution in [-0.2, 0) is 13.6 Å². The molecule has 0 bridgehead atoms. The Morgan fingerprint density at radius 2 is 1.76 bits per heavy atom. The Bertz CT molecular complexity index is 1490. The Balaban J connectivity index is 1.38. The molecular formula is C33H36N2O2S. The predicted octanol–water partition coefficient (Wildman–Crippen LogP) is 8.09. The lowest BCUT2D eigenvalue weighted by molar-refractivity contribution is 0.0702. The number of para-hydroxylation sites is 1. The zero-order valence-corrected chi connectivity index (χ0v) is 23.1. The maximum atomic E-state index is 12.4. The van der Waals surface area contributed by atoms with Gasteiger partial charge in [-0.15, -0.1) is 11.3 Å². The van der Waals surface area contributed by atoms with Gasteiger partial charge in [0.2, 0.25) is 0 Å². The van der Waals surface area contributed by atoms with Gasteiger partial charge in [0.05, 0.1) is 0 Å². The van der Waals surface area contributed by atoms with E-state index >= 15 is 0 Å². The molecule has 0 amide bonds. The van der Waals surface area contributed by atoms with Crippen LogP contribution in [0.4, 0.5) is 0 Å². The zero-order chi connectivity index (χ0) is 26.2. The first-order valence-corrected chi connectivity index (χ1v) is 14.7. The Morgan fingerprint density at radius 1 is 1.03 bits per heavy atom. The highest BCUT2D eigenvalue weighted by molar-refractivity contribution is 7.17. The van der Waals surface area contributed by atoms with E-state index in [0.29, 0.717) is 10.8 Å². The molecule has 5 heteroatoms. The third kappa shape index (κ3) is 4.85. The number of thiophene rings is 1. The quantitative estimate of drug-likeness (QED) is 0.277. The van der Waals surface area contributed by atoms with Gasteiger partial charge in [0.1, 0.15) is 4.88 Å². The lowest BCUT2D eigenvalue weighted by Gasteiger charge is -2.37. The second-order valence-electron chi connectivity index (χ2n) is 11.2. The van der Waals surface area contributed by atoms with E-state index in [-0.39, 0.29) is 0 Å². The van der Waals surface area contributed by atoms with Crippen molar-refractivity contribution in [2.75, 3.05) is 13.1 Å². The van der Waals surface area contributed by atoms with Crippen LogP contribution in [0, 0.1) is 11.8 Å². The number of hydrogen-bond acceptors (Lipinski definition) is 3. The highest BCUT2D eigenvalue weighted by Gasteiger charge is 2.31. The molecule has 2 aromatic heterocycles.